The van der Waals surface area contributed by atoms with Crippen LogP contribution in [0.1, 0.15) is 15.9 Å². The van der Waals surface area contributed by atoms with Crippen LogP contribution in [0.5, 0.6) is 11.5 Å². The Morgan fingerprint density at radius 3 is 2.45 bits per heavy atom. The number of rotatable bonds is 5. The monoisotopic (exact) mass is 389 g/mol. The van der Waals surface area contributed by atoms with Crippen LogP contribution < -0.4 is 14.4 Å². The van der Waals surface area contributed by atoms with Gasteiger partial charge in [-0.25, -0.2) is 4.39 Å². The summed E-state index contributed by atoms with van der Waals surface area (Å²) in [5.41, 5.74) is 1.66. The largest absolute Gasteiger partial charge is 0.486 e. The van der Waals surface area contributed by atoms with Crippen molar-refractivity contribution >= 4 is 17.7 Å². The Morgan fingerprint density at radius 1 is 0.931 bits per heavy atom. The summed E-state index contributed by atoms with van der Waals surface area (Å²) in [4.78, 5) is 14.7. The van der Waals surface area contributed by atoms with Gasteiger partial charge in [-0.3, -0.25) is 4.79 Å². The third kappa shape index (κ3) is 4.29. The van der Waals surface area contributed by atoms with Crippen molar-refractivity contribution in [2.45, 2.75) is 0 Å². The summed E-state index contributed by atoms with van der Waals surface area (Å²) in [6.07, 6.45) is 3.81. The number of benzene rings is 3. The van der Waals surface area contributed by atoms with E-state index in [0.29, 0.717) is 30.4 Å². The molecule has 4 nitrogen and oxygen atoms in total. The van der Waals surface area contributed by atoms with Gasteiger partial charge in [-0.1, -0.05) is 54.6 Å². The zero-order valence-corrected chi connectivity index (χ0v) is 15.8. The van der Waals surface area contributed by atoms with Crippen molar-refractivity contribution in [3.05, 3.63) is 95.8 Å². The van der Waals surface area contributed by atoms with E-state index in [1.807, 2.05) is 42.5 Å². The number of anilines is 1. The number of carbonyl (C=O) groups is 1. The summed E-state index contributed by atoms with van der Waals surface area (Å²) in [7, 11) is 0. The molecule has 5 heteroatoms. The predicted octanol–water partition coefficient (Wildman–Crippen LogP) is 4.96. The Balaban J connectivity index is 1.66. The normalized spacial score (nSPS) is 12.7. The van der Waals surface area contributed by atoms with Crippen molar-refractivity contribution in [2.24, 2.45) is 0 Å². The van der Waals surface area contributed by atoms with Gasteiger partial charge < -0.3 is 14.4 Å². The van der Waals surface area contributed by atoms with E-state index < -0.39 is 11.7 Å². The number of nitrogens with zero attached hydrogens (tertiary/aromatic N) is 1. The van der Waals surface area contributed by atoms with Crippen molar-refractivity contribution in [3.63, 3.8) is 0 Å². The highest BCUT2D eigenvalue weighted by Gasteiger charge is 2.22. The molecule has 3 aromatic carbocycles. The summed E-state index contributed by atoms with van der Waals surface area (Å²) < 4.78 is 25.5. The molecule has 0 atom stereocenters. The fraction of sp³-hybridized carbons (Fsp3) is 0.125. The van der Waals surface area contributed by atoms with Gasteiger partial charge >= 0.3 is 0 Å². The number of hydrogen-bond donors (Lipinski definition) is 0. The highest BCUT2D eigenvalue weighted by Crippen LogP contribution is 2.34. The number of ether oxygens (including phenoxy) is 2. The molecule has 1 aliphatic heterocycles. The molecule has 0 saturated heterocycles. The van der Waals surface area contributed by atoms with E-state index in [0.717, 1.165) is 5.56 Å². The molecule has 0 unspecified atom stereocenters. The van der Waals surface area contributed by atoms with Gasteiger partial charge in [0.25, 0.3) is 5.91 Å². The zero-order valence-electron chi connectivity index (χ0n) is 15.8. The summed E-state index contributed by atoms with van der Waals surface area (Å²) in [5, 5.41) is 0. The fourth-order valence-electron chi connectivity index (χ4n) is 3.14. The van der Waals surface area contributed by atoms with Crippen LogP contribution in [0.3, 0.4) is 0 Å². The van der Waals surface area contributed by atoms with Crippen LogP contribution in [0.2, 0.25) is 0 Å². The Morgan fingerprint density at radius 2 is 1.66 bits per heavy atom. The summed E-state index contributed by atoms with van der Waals surface area (Å²) in [5.74, 6) is 0.245. The van der Waals surface area contributed by atoms with Gasteiger partial charge in [-0.2, -0.15) is 0 Å². The third-order valence-electron chi connectivity index (χ3n) is 4.58. The van der Waals surface area contributed by atoms with E-state index in [1.165, 1.54) is 17.0 Å². The van der Waals surface area contributed by atoms with E-state index in [4.69, 9.17) is 9.47 Å². The first-order chi connectivity index (χ1) is 14.2. The maximum absolute atomic E-state index is 14.3. The van der Waals surface area contributed by atoms with Crippen LogP contribution in [0.25, 0.3) is 6.08 Å². The lowest BCUT2D eigenvalue weighted by molar-refractivity contribution is 0.0985. The molecule has 4 rings (SSSR count). The van der Waals surface area contributed by atoms with Gasteiger partial charge in [0.15, 0.2) is 11.5 Å². The van der Waals surface area contributed by atoms with Crippen LogP contribution in [0, 0.1) is 5.82 Å². The minimum atomic E-state index is -0.549. The highest BCUT2D eigenvalue weighted by molar-refractivity contribution is 6.06. The van der Waals surface area contributed by atoms with Gasteiger partial charge in [-0.05, 0) is 29.8 Å². The quantitative estimate of drug-likeness (QED) is 0.619. The van der Waals surface area contributed by atoms with Crippen molar-refractivity contribution in [2.75, 3.05) is 24.7 Å². The Hall–Kier alpha value is -3.60. The van der Waals surface area contributed by atoms with E-state index in [9.17, 15) is 9.18 Å². The molecule has 146 valence electrons. The maximum Gasteiger partial charge on any atom is 0.261 e. The molecule has 0 saturated carbocycles. The zero-order chi connectivity index (χ0) is 20.1. The molecular weight excluding hydrogens is 369 g/mol. The summed E-state index contributed by atoms with van der Waals surface area (Å²) in [6.45, 7) is 1.22. The topological polar surface area (TPSA) is 38.8 Å². The molecule has 3 aromatic rings. The summed E-state index contributed by atoms with van der Waals surface area (Å²) >= 11 is 0. The first kappa shape index (κ1) is 18.7. The second-order valence-electron chi connectivity index (χ2n) is 6.54. The van der Waals surface area contributed by atoms with Crippen molar-refractivity contribution in [1.82, 2.24) is 0 Å². The van der Waals surface area contributed by atoms with Crippen LogP contribution in [-0.2, 0) is 0 Å². The molecule has 0 aromatic heterocycles. The minimum Gasteiger partial charge on any atom is -0.486 e. The standard InChI is InChI=1S/C24H20FNO3/c25-21-11-5-4-10-20(21)24(27)26(14-6-9-18-7-2-1-3-8-18)19-12-13-22-23(17-19)29-16-15-28-22/h1-13,17H,14-16H2. The highest BCUT2D eigenvalue weighted by atomic mass is 19.1. The SMILES string of the molecule is O=C(c1ccccc1F)N(CC=Cc1ccccc1)c1ccc2c(c1)OCCO2. The molecule has 1 heterocycles. The van der Waals surface area contributed by atoms with Crippen LogP contribution >= 0.6 is 0 Å². The minimum absolute atomic E-state index is 0.0236. The second kappa shape index (κ2) is 8.61. The average Bonchev–Trinajstić information content (AvgIpc) is 2.77. The lowest BCUT2D eigenvalue weighted by Gasteiger charge is -2.25. The average molecular weight is 389 g/mol. The smallest absolute Gasteiger partial charge is 0.261 e. The number of hydrogen-bond acceptors (Lipinski definition) is 3. The van der Waals surface area contributed by atoms with Gasteiger partial charge in [0.1, 0.15) is 19.0 Å². The fourth-order valence-corrected chi connectivity index (χ4v) is 3.14. The molecular formula is C24H20FNO3. The molecule has 0 bridgehead atoms. The first-order valence-corrected chi connectivity index (χ1v) is 9.40. The molecule has 0 aliphatic carbocycles. The lowest BCUT2D eigenvalue weighted by Crippen LogP contribution is -2.32. The third-order valence-corrected chi connectivity index (χ3v) is 4.58. The lowest BCUT2D eigenvalue weighted by atomic mass is 10.1. The maximum atomic E-state index is 14.3. The number of carbonyl (C=O) groups excluding carboxylic acids is 1. The van der Waals surface area contributed by atoms with Crippen molar-refractivity contribution < 1.29 is 18.7 Å². The Bertz CT molecular complexity index is 1030. The van der Waals surface area contributed by atoms with E-state index in [1.54, 1.807) is 30.3 Å². The van der Waals surface area contributed by atoms with Gasteiger partial charge in [0.2, 0.25) is 0 Å². The molecule has 1 aliphatic rings. The van der Waals surface area contributed by atoms with Gasteiger partial charge in [0, 0.05) is 18.3 Å². The number of fused-ring (bicyclic) bond motifs is 1. The van der Waals surface area contributed by atoms with Gasteiger partial charge in [0.05, 0.1) is 5.56 Å². The Kier molecular flexibility index (Phi) is 5.56. The molecule has 0 spiro atoms. The van der Waals surface area contributed by atoms with Crippen LogP contribution in [-0.4, -0.2) is 25.7 Å². The van der Waals surface area contributed by atoms with Crippen LogP contribution in [0.15, 0.2) is 78.9 Å². The van der Waals surface area contributed by atoms with E-state index in [2.05, 4.69) is 0 Å². The molecule has 0 radical (unpaired) electrons. The Labute approximate surface area is 168 Å². The second-order valence-corrected chi connectivity index (χ2v) is 6.54. The van der Waals surface area contributed by atoms with Crippen molar-refractivity contribution in [3.8, 4) is 11.5 Å². The molecule has 1 amide bonds. The van der Waals surface area contributed by atoms with Gasteiger partial charge in [-0.15, -0.1) is 0 Å². The molecule has 0 N–H and O–H groups in total. The molecule has 29 heavy (non-hydrogen) atoms. The predicted molar refractivity (Wildman–Crippen MR) is 111 cm³/mol. The first-order valence-electron chi connectivity index (χ1n) is 9.40. The summed E-state index contributed by atoms with van der Waals surface area (Å²) in [6, 6.07) is 21.1. The van der Waals surface area contributed by atoms with E-state index >= 15 is 0 Å². The van der Waals surface area contributed by atoms with Crippen molar-refractivity contribution in [1.29, 1.82) is 0 Å². The van der Waals surface area contributed by atoms with E-state index in [-0.39, 0.29) is 12.1 Å². The number of halogens is 1. The number of amides is 1. The molecule has 0 fully saturated rings. The van der Waals surface area contributed by atoms with Crippen LogP contribution in [0.4, 0.5) is 10.1 Å².